The monoisotopic (exact) mass is 459 g/mol. The van der Waals surface area contributed by atoms with E-state index in [1.165, 1.54) is 0 Å². The summed E-state index contributed by atoms with van der Waals surface area (Å²) in [5, 5.41) is 20.3. The summed E-state index contributed by atoms with van der Waals surface area (Å²) in [5.41, 5.74) is 6.13. The van der Waals surface area contributed by atoms with Gasteiger partial charge in [-0.1, -0.05) is 0 Å². The number of aliphatic carboxylic acids is 1. The number of nitrogens with one attached hydrogen (secondary N) is 2. The summed E-state index contributed by atoms with van der Waals surface area (Å²) in [4.78, 5) is 29.1. The van der Waals surface area contributed by atoms with E-state index in [0.29, 0.717) is 30.9 Å². The number of amides is 1. The number of carbonyl (C=O) groups excluding carboxylic acids is 1. The van der Waals surface area contributed by atoms with Gasteiger partial charge in [0.2, 0.25) is 5.91 Å². The van der Waals surface area contributed by atoms with Crippen molar-refractivity contribution in [3.63, 3.8) is 0 Å². The van der Waals surface area contributed by atoms with Gasteiger partial charge < -0.3 is 30.7 Å². The Balaban J connectivity index is 1.58. The number of nitrogens with two attached hydrogens (primary N) is 1. The second kappa shape index (κ2) is 12.0. The van der Waals surface area contributed by atoms with Crippen LogP contribution in [0.5, 0.6) is 5.75 Å². The zero-order chi connectivity index (χ0) is 23.8. The van der Waals surface area contributed by atoms with Crippen LogP contribution in [0.4, 0.5) is 0 Å². The third-order valence-corrected chi connectivity index (χ3v) is 6.63. The van der Waals surface area contributed by atoms with E-state index in [4.69, 9.17) is 15.9 Å². The Kier molecular flexibility index (Phi) is 9.08. The number of carbonyl (C=O) groups is 2. The molecule has 1 aromatic carbocycles. The van der Waals surface area contributed by atoms with Crippen molar-refractivity contribution < 1.29 is 19.4 Å². The average molecular weight is 460 g/mol. The molecule has 0 aliphatic carbocycles. The van der Waals surface area contributed by atoms with Gasteiger partial charge in [0.05, 0.1) is 19.1 Å². The molecule has 2 atom stereocenters. The van der Waals surface area contributed by atoms with E-state index in [2.05, 4.69) is 17.3 Å². The van der Waals surface area contributed by atoms with E-state index in [1.54, 1.807) is 24.3 Å². The fourth-order valence-corrected chi connectivity index (χ4v) is 4.69. The number of ether oxygens (including phenoxy) is 1. The molecule has 2 aliphatic rings. The minimum absolute atomic E-state index is 0.0164. The quantitative estimate of drug-likeness (QED) is 0.309. The highest BCUT2D eigenvalue weighted by Gasteiger charge is 2.34. The Morgan fingerprint density at radius 1 is 1.18 bits per heavy atom. The third-order valence-electron chi connectivity index (χ3n) is 6.63. The SMILES string of the molecule is CN1CCC(N[C@@H](CC(=O)O)C(=O)N2CCCCC2CCOc2ccc(C(=N)N)cc2)CC1. The van der Waals surface area contributed by atoms with Crippen LogP contribution in [0.25, 0.3) is 0 Å². The van der Waals surface area contributed by atoms with Gasteiger partial charge in [0.25, 0.3) is 0 Å². The number of rotatable bonds is 10. The summed E-state index contributed by atoms with van der Waals surface area (Å²) in [6.07, 6.45) is 5.20. The topological polar surface area (TPSA) is 132 Å². The van der Waals surface area contributed by atoms with Crippen LogP contribution in [-0.4, -0.2) is 84.0 Å². The second-order valence-corrected chi connectivity index (χ2v) is 9.15. The molecule has 2 aliphatic heterocycles. The number of carboxylic acids is 1. The van der Waals surface area contributed by atoms with E-state index in [0.717, 1.165) is 45.2 Å². The van der Waals surface area contributed by atoms with Crippen LogP contribution >= 0.6 is 0 Å². The van der Waals surface area contributed by atoms with Gasteiger partial charge in [-0.2, -0.15) is 0 Å². The van der Waals surface area contributed by atoms with Gasteiger partial charge in [-0.05, 0) is 76.5 Å². The maximum absolute atomic E-state index is 13.4. The number of carboxylic acid groups (broad SMARTS) is 1. The molecule has 1 amide bonds. The molecule has 9 heteroatoms. The minimum Gasteiger partial charge on any atom is -0.494 e. The van der Waals surface area contributed by atoms with E-state index in [-0.39, 0.29) is 30.2 Å². The molecule has 2 saturated heterocycles. The molecule has 1 unspecified atom stereocenters. The number of benzene rings is 1. The molecule has 0 aromatic heterocycles. The lowest BCUT2D eigenvalue weighted by atomic mass is 9.97. The molecule has 1 aromatic rings. The van der Waals surface area contributed by atoms with Crippen LogP contribution in [0.3, 0.4) is 0 Å². The highest BCUT2D eigenvalue weighted by Crippen LogP contribution is 2.23. The number of piperidine rings is 2. The fourth-order valence-electron chi connectivity index (χ4n) is 4.69. The lowest BCUT2D eigenvalue weighted by molar-refractivity contribution is -0.145. The first-order valence-electron chi connectivity index (χ1n) is 11.9. The van der Waals surface area contributed by atoms with Crippen molar-refractivity contribution in [1.29, 1.82) is 5.41 Å². The normalized spacial score (nSPS) is 20.9. The first-order chi connectivity index (χ1) is 15.8. The van der Waals surface area contributed by atoms with Gasteiger partial charge in [0.15, 0.2) is 0 Å². The highest BCUT2D eigenvalue weighted by molar-refractivity contribution is 5.94. The molecule has 0 saturated carbocycles. The standard InChI is InChI=1S/C24H37N5O4/c1-28-13-9-18(10-14-28)27-21(16-22(30)31)24(32)29-12-3-2-4-19(29)11-15-33-20-7-5-17(6-8-20)23(25)26/h5-8,18-19,21,27H,2-4,9-16H2,1H3,(H3,25,26)(H,30,31)/t19?,21-/m0/s1. The van der Waals surface area contributed by atoms with E-state index < -0.39 is 12.0 Å². The Hall–Kier alpha value is -2.65. The zero-order valence-electron chi connectivity index (χ0n) is 19.5. The smallest absolute Gasteiger partial charge is 0.305 e. The van der Waals surface area contributed by atoms with Crippen molar-refractivity contribution >= 4 is 17.7 Å². The molecule has 182 valence electrons. The molecular formula is C24H37N5O4. The summed E-state index contributed by atoms with van der Waals surface area (Å²) >= 11 is 0. The molecule has 5 N–H and O–H groups in total. The van der Waals surface area contributed by atoms with Crippen LogP contribution < -0.4 is 15.8 Å². The number of hydrogen-bond acceptors (Lipinski definition) is 6. The van der Waals surface area contributed by atoms with Gasteiger partial charge in [-0.25, -0.2) is 0 Å². The lowest BCUT2D eigenvalue weighted by Gasteiger charge is -2.39. The molecule has 2 heterocycles. The zero-order valence-corrected chi connectivity index (χ0v) is 19.5. The molecule has 9 nitrogen and oxygen atoms in total. The predicted octanol–water partition coefficient (Wildman–Crippen LogP) is 1.65. The number of hydrogen-bond donors (Lipinski definition) is 4. The molecule has 2 fully saturated rings. The Bertz CT molecular complexity index is 808. The number of nitrogens with zero attached hydrogens (tertiary/aromatic N) is 2. The van der Waals surface area contributed by atoms with Crippen molar-refractivity contribution in [1.82, 2.24) is 15.1 Å². The van der Waals surface area contributed by atoms with Crippen LogP contribution in [0.2, 0.25) is 0 Å². The summed E-state index contributed by atoms with van der Waals surface area (Å²) in [5.74, 6) is -0.351. The van der Waals surface area contributed by atoms with E-state index in [1.807, 2.05) is 4.90 Å². The summed E-state index contributed by atoms with van der Waals surface area (Å²) in [6.45, 7) is 3.01. The van der Waals surface area contributed by atoms with Crippen molar-refractivity contribution in [3.05, 3.63) is 29.8 Å². The van der Waals surface area contributed by atoms with E-state index in [9.17, 15) is 14.7 Å². The van der Waals surface area contributed by atoms with Crippen LogP contribution in [0, 0.1) is 5.41 Å². The molecule has 3 rings (SSSR count). The minimum atomic E-state index is -0.959. The van der Waals surface area contributed by atoms with Crippen LogP contribution in [0.1, 0.15) is 50.5 Å². The van der Waals surface area contributed by atoms with Gasteiger partial charge in [-0.15, -0.1) is 0 Å². The number of nitrogen functional groups attached to an aromatic ring is 1. The van der Waals surface area contributed by atoms with Crippen molar-refractivity contribution in [2.75, 3.05) is 33.3 Å². The fraction of sp³-hybridized carbons (Fsp3) is 0.625. The molecule has 33 heavy (non-hydrogen) atoms. The molecule has 0 radical (unpaired) electrons. The Labute approximate surface area is 195 Å². The van der Waals surface area contributed by atoms with Gasteiger partial charge >= 0.3 is 5.97 Å². The van der Waals surface area contributed by atoms with E-state index >= 15 is 0 Å². The first-order valence-corrected chi connectivity index (χ1v) is 11.9. The lowest BCUT2D eigenvalue weighted by Crippen LogP contribution is -2.56. The second-order valence-electron chi connectivity index (χ2n) is 9.15. The predicted molar refractivity (Wildman–Crippen MR) is 127 cm³/mol. The van der Waals surface area contributed by atoms with Gasteiger partial charge in [0, 0.05) is 30.6 Å². The maximum atomic E-state index is 13.4. The third kappa shape index (κ3) is 7.43. The maximum Gasteiger partial charge on any atom is 0.305 e. The van der Waals surface area contributed by atoms with Crippen molar-refractivity contribution in [3.8, 4) is 5.75 Å². The summed E-state index contributed by atoms with van der Waals surface area (Å²) < 4.78 is 5.86. The molecule has 0 spiro atoms. The largest absolute Gasteiger partial charge is 0.494 e. The number of amidine groups is 1. The van der Waals surface area contributed by atoms with Crippen LogP contribution in [-0.2, 0) is 9.59 Å². The summed E-state index contributed by atoms with van der Waals surface area (Å²) in [7, 11) is 2.08. The highest BCUT2D eigenvalue weighted by atomic mass is 16.5. The van der Waals surface area contributed by atoms with Crippen molar-refractivity contribution in [2.24, 2.45) is 5.73 Å². The van der Waals surface area contributed by atoms with Gasteiger partial charge in [-0.3, -0.25) is 15.0 Å². The van der Waals surface area contributed by atoms with Gasteiger partial charge in [0.1, 0.15) is 11.6 Å². The Morgan fingerprint density at radius 3 is 2.52 bits per heavy atom. The van der Waals surface area contributed by atoms with Crippen LogP contribution in [0.15, 0.2) is 24.3 Å². The summed E-state index contributed by atoms with van der Waals surface area (Å²) in [6, 6.07) is 6.58. The Morgan fingerprint density at radius 2 is 1.88 bits per heavy atom. The van der Waals surface area contributed by atoms with Crippen molar-refractivity contribution in [2.45, 2.75) is 63.1 Å². The first kappa shape index (κ1) is 25.0. The molecular weight excluding hydrogens is 422 g/mol. The average Bonchev–Trinajstić information content (AvgIpc) is 2.80. The number of likely N-dealkylation sites (tertiary alicyclic amines) is 2. The molecule has 0 bridgehead atoms.